The summed E-state index contributed by atoms with van der Waals surface area (Å²) in [7, 11) is 2.17. The molecule has 0 aliphatic carbocycles. The van der Waals surface area contributed by atoms with Gasteiger partial charge in [0.25, 0.3) is 0 Å². The molecular formula is C22H32BrN3O2. The summed E-state index contributed by atoms with van der Waals surface area (Å²) >= 11 is 3.50. The number of carbonyl (C=O) groups excluding carboxylic acids is 2. The van der Waals surface area contributed by atoms with E-state index in [4.69, 9.17) is 0 Å². The molecule has 0 N–H and O–H groups in total. The van der Waals surface area contributed by atoms with Crippen LogP contribution in [0, 0.1) is 18.8 Å². The summed E-state index contributed by atoms with van der Waals surface area (Å²) in [5.74, 6) is 0.643. The van der Waals surface area contributed by atoms with Crippen LogP contribution in [-0.4, -0.2) is 60.9 Å². The monoisotopic (exact) mass is 449 g/mol. The Morgan fingerprint density at radius 1 is 1.29 bits per heavy atom. The van der Waals surface area contributed by atoms with Gasteiger partial charge < -0.3 is 14.7 Å². The van der Waals surface area contributed by atoms with E-state index in [1.165, 1.54) is 0 Å². The zero-order chi connectivity index (χ0) is 20.4. The molecule has 2 heterocycles. The van der Waals surface area contributed by atoms with Crippen LogP contribution in [0.25, 0.3) is 0 Å². The first-order valence-corrected chi connectivity index (χ1v) is 11.1. The topological polar surface area (TPSA) is 43.9 Å². The summed E-state index contributed by atoms with van der Waals surface area (Å²) in [6, 6.07) is 6.47. The molecule has 2 fully saturated rings. The predicted octanol–water partition coefficient (Wildman–Crippen LogP) is 3.69. The quantitative estimate of drug-likeness (QED) is 0.688. The predicted molar refractivity (Wildman–Crippen MR) is 116 cm³/mol. The number of carbonyl (C=O) groups is 2. The minimum absolute atomic E-state index is 0.0496. The zero-order valence-corrected chi connectivity index (χ0v) is 19.0. The normalized spacial score (nSPS) is 21.2. The lowest BCUT2D eigenvalue weighted by Crippen LogP contribution is -2.44. The minimum atomic E-state index is -0.216. The van der Waals surface area contributed by atoms with Crippen molar-refractivity contribution in [2.75, 3.05) is 38.1 Å². The Morgan fingerprint density at radius 3 is 2.57 bits per heavy atom. The van der Waals surface area contributed by atoms with Gasteiger partial charge in [-0.3, -0.25) is 9.59 Å². The van der Waals surface area contributed by atoms with Gasteiger partial charge in [-0.1, -0.05) is 15.9 Å². The molecule has 154 valence electrons. The number of anilines is 1. The summed E-state index contributed by atoms with van der Waals surface area (Å²) < 4.78 is 1.03. The lowest BCUT2D eigenvalue weighted by molar-refractivity contribution is -0.137. The SMILES string of the molecule is Cc1cc(N2C[C@@H](C(=O)N3CCC(CN(C)C(C)C)CC3)CC2=O)ccc1Br. The minimum Gasteiger partial charge on any atom is -0.342 e. The highest BCUT2D eigenvalue weighted by Gasteiger charge is 2.38. The Hall–Kier alpha value is -1.40. The zero-order valence-electron chi connectivity index (χ0n) is 17.4. The number of amides is 2. The van der Waals surface area contributed by atoms with Crippen molar-refractivity contribution in [2.45, 2.75) is 46.1 Å². The van der Waals surface area contributed by atoms with Gasteiger partial charge in [0, 0.05) is 48.8 Å². The van der Waals surface area contributed by atoms with Crippen LogP contribution in [-0.2, 0) is 9.59 Å². The fourth-order valence-corrected chi connectivity index (χ4v) is 4.38. The van der Waals surface area contributed by atoms with Crippen LogP contribution >= 0.6 is 15.9 Å². The Bertz CT molecular complexity index is 728. The van der Waals surface area contributed by atoms with Gasteiger partial charge in [-0.05, 0) is 70.3 Å². The summed E-state index contributed by atoms with van der Waals surface area (Å²) in [4.78, 5) is 31.7. The van der Waals surface area contributed by atoms with Crippen molar-refractivity contribution in [1.82, 2.24) is 9.80 Å². The average molecular weight is 450 g/mol. The molecule has 0 aromatic heterocycles. The second kappa shape index (κ2) is 8.95. The van der Waals surface area contributed by atoms with Gasteiger partial charge in [0.05, 0.1) is 5.92 Å². The Kier molecular flexibility index (Phi) is 6.81. The number of nitrogens with zero attached hydrogens (tertiary/aromatic N) is 3. The summed E-state index contributed by atoms with van der Waals surface area (Å²) in [5, 5.41) is 0. The number of rotatable bonds is 5. The molecule has 0 unspecified atom stereocenters. The van der Waals surface area contributed by atoms with E-state index in [-0.39, 0.29) is 17.7 Å². The standard InChI is InChI=1S/C22H32BrN3O2/c1-15(2)24(4)13-17-7-9-25(10-8-17)22(28)18-12-21(27)26(14-18)19-5-6-20(23)16(3)11-19/h5-6,11,15,17-18H,7-10,12-14H2,1-4H3/t18-/m0/s1. The summed E-state index contributed by atoms with van der Waals surface area (Å²) in [6.45, 7) is 9.67. The summed E-state index contributed by atoms with van der Waals surface area (Å²) in [6.07, 6.45) is 2.43. The maximum atomic E-state index is 13.0. The lowest BCUT2D eigenvalue weighted by atomic mass is 9.94. The molecule has 6 heteroatoms. The van der Waals surface area contributed by atoms with E-state index >= 15 is 0 Å². The molecule has 2 saturated heterocycles. The third-order valence-electron chi connectivity index (χ3n) is 6.28. The Balaban J connectivity index is 1.56. The van der Waals surface area contributed by atoms with Crippen molar-refractivity contribution in [3.63, 3.8) is 0 Å². The van der Waals surface area contributed by atoms with Gasteiger partial charge in [0.1, 0.15) is 0 Å². The molecule has 1 aromatic rings. The highest BCUT2D eigenvalue weighted by Crippen LogP contribution is 2.30. The van der Waals surface area contributed by atoms with Gasteiger partial charge in [-0.15, -0.1) is 0 Å². The van der Waals surface area contributed by atoms with E-state index in [0.29, 0.717) is 24.9 Å². The molecule has 0 bridgehead atoms. The number of aryl methyl sites for hydroxylation is 1. The average Bonchev–Trinajstić information content (AvgIpc) is 3.05. The van der Waals surface area contributed by atoms with Gasteiger partial charge in [-0.2, -0.15) is 0 Å². The first kappa shape index (κ1) is 21.3. The first-order valence-electron chi connectivity index (χ1n) is 10.3. The number of likely N-dealkylation sites (tertiary alicyclic amines) is 1. The van der Waals surface area contributed by atoms with Gasteiger partial charge >= 0.3 is 0 Å². The van der Waals surface area contributed by atoms with Gasteiger partial charge in [0.2, 0.25) is 11.8 Å². The summed E-state index contributed by atoms with van der Waals surface area (Å²) in [5.41, 5.74) is 1.98. The number of hydrogen-bond donors (Lipinski definition) is 0. The number of benzene rings is 1. The van der Waals surface area contributed by atoms with Crippen LogP contribution in [0.2, 0.25) is 0 Å². The van der Waals surface area contributed by atoms with E-state index in [1.807, 2.05) is 30.0 Å². The maximum Gasteiger partial charge on any atom is 0.228 e. The van der Waals surface area contributed by atoms with E-state index in [9.17, 15) is 9.59 Å². The largest absolute Gasteiger partial charge is 0.342 e. The molecule has 0 saturated carbocycles. The number of halogens is 1. The van der Waals surface area contributed by atoms with Crippen molar-refractivity contribution in [1.29, 1.82) is 0 Å². The third kappa shape index (κ3) is 4.77. The van der Waals surface area contributed by atoms with E-state index < -0.39 is 0 Å². The van der Waals surface area contributed by atoms with Crippen molar-refractivity contribution in [2.24, 2.45) is 11.8 Å². The third-order valence-corrected chi connectivity index (χ3v) is 7.17. The molecule has 5 nitrogen and oxygen atoms in total. The molecule has 1 aromatic carbocycles. The lowest BCUT2D eigenvalue weighted by Gasteiger charge is -2.36. The highest BCUT2D eigenvalue weighted by atomic mass is 79.9. The molecule has 0 spiro atoms. The molecule has 3 rings (SSSR count). The molecular weight excluding hydrogens is 418 g/mol. The second-order valence-corrected chi connectivity index (χ2v) is 9.50. The smallest absolute Gasteiger partial charge is 0.228 e. The van der Waals surface area contributed by atoms with Crippen LogP contribution in [0.15, 0.2) is 22.7 Å². The van der Waals surface area contributed by atoms with Crippen molar-refractivity contribution in [3.05, 3.63) is 28.2 Å². The van der Waals surface area contributed by atoms with Crippen LogP contribution in [0.3, 0.4) is 0 Å². The van der Waals surface area contributed by atoms with Crippen molar-refractivity contribution in [3.8, 4) is 0 Å². The second-order valence-electron chi connectivity index (χ2n) is 8.64. The van der Waals surface area contributed by atoms with Crippen molar-refractivity contribution < 1.29 is 9.59 Å². The molecule has 2 aliphatic heterocycles. The maximum absolute atomic E-state index is 13.0. The first-order chi connectivity index (χ1) is 13.3. The number of piperidine rings is 1. The number of hydrogen-bond acceptors (Lipinski definition) is 3. The van der Waals surface area contributed by atoms with Crippen LogP contribution in [0.4, 0.5) is 5.69 Å². The molecule has 0 radical (unpaired) electrons. The van der Waals surface area contributed by atoms with E-state index in [1.54, 1.807) is 4.90 Å². The fraction of sp³-hybridized carbons (Fsp3) is 0.636. The highest BCUT2D eigenvalue weighted by molar-refractivity contribution is 9.10. The molecule has 1 atom stereocenters. The molecule has 2 amide bonds. The fourth-order valence-electron chi connectivity index (χ4n) is 4.13. The Morgan fingerprint density at radius 2 is 1.96 bits per heavy atom. The molecule has 28 heavy (non-hydrogen) atoms. The van der Waals surface area contributed by atoms with Crippen molar-refractivity contribution >= 4 is 33.4 Å². The van der Waals surface area contributed by atoms with Crippen LogP contribution < -0.4 is 4.90 Å². The van der Waals surface area contributed by atoms with Crippen LogP contribution in [0.1, 0.15) is 38.7 Å². The molecule has 2 aliphatic rings. The van der Waals surface area contributed by atoms with Gasteiger partial charge in [-0.25, -0.2) is 0 Å². The van der Waals surface area contributed by atoms with E-state index in [0.717, 1.165) is 48.2 Å². The van der Waals surface area contributed by atoms with Gasteiger partial charge in [0.15, 0.2) is 0 Å². The van der Waals surface area contributed by atoms with Crippen LogP contribution in [0.5, 0.6) is 0 Å². The van der Waals surface area contributed by atoms with E-state index in [2.05, 4.69) is 41.7 Å². The Labute approximate surface area is 177 Å².